The number of hydrogen-bond donors (Lipinski definition) is 1. The average Bonchev–Trinajstić information content (AvgIpc) is 2.75. The van der Waals surface area contributed by atoms with Crippen LogP contribution in [0.15, 0.2) is 24.4 Å². The van der Waals surface area contributed by atoms with Gasteiger partial charge in [-0.05, 0) is 24.5 Å². The zero-order chi connectivity index (χ0) is 14.8. The number of aromatic nitrogens is 4. The molecule has 2 heterocycles. The fourth-order valence-electron chi connectivity index (χ4n) is 1.75. The molecule has 0 fully saturated rings. The Hall–Kier alpha value is -2.24. The average molecular weight is 273 g/mol. The Labute approximate surface area is 118 Å². The highest BCUT2D eigenvalue weighted by Gasteiger charge is 2.17. The number of nitrogens with zero attached hydrogens (tertiary/aromatic N) is 4. The van der Waals surface area contributed by atoms with Crippen molar-refractivity contribution >= 4 is 11.7 Å². The number of anilines is 1. The first-order valence-electron chi connectivity index (χ1n) is 6.50. The lowest BCUT2D eigenvalue weighted by Gasteiger charge is -2.17. The van der Waals surface area contributed by atoms with E-state index < -0.39 is 0 Å². The van der Waals surface area contributed by atoms with E-state index >= 15 is 0 Å². The Bertz CT molecular complexity index is 595. The summed E-state index contributed by atoms with van der Waals surface area (Å²) in [6, 6.07) is 5.40. The molecule has 2 aromatic heterocycles. The summed E-state index contributed by atoms with van der Waals surface area (Å²) in [4.78, 5) is 12.0. The van der Waals surface area contributed by atoms with Crippen LogP contribution in [0.4, 0.5) is 5.82 Å². The Morgan fingerprint density at radius 1 is 1.25 bits per heavy atom. The lowest BCUT2D eigenvalue weighted by molar-refractivity contribution is -0.117. The molecule has 0 aliphatic carbocycles. The SMILES string of the molecule is Cc1ccc(-n2nccc2NC(=O)CC(C)(C)C)nn1. The summed E-state index contributed by atoms with van der Waals surface area (Å²) in [6.45, 7) is 7.94. The molecule has 0 radical (unpaired) electrons. The first-order valence-corrected chi connectivity index (χ1v) is 6.50. The van der Waals surface area contributed by atoms with Crippen molar-refractivity contribution in [1.29, 1.82) is 0 Å². The van der Waals surface area contributed by atoms with Crippen molar-refractivity contribution in [1.82, 2.24) is 20.0 Å². The minimum atomic E-state index is -0.0569. The lowest BCUT2D eigenvalue weighted by atomic mass is 9.92. The van der Waals surface area contributed by atoms with E-state index in [0.29, 0.717) is 18.1 Å². The normalized spacial score (nSPS) is 11.4. The topological polar surface area (TPSA) is 72.7 Å². The van der Waals surface area contributed by atoms with E-state index in [1.54, 1.807) is 16.9 Å². The number of carbonyl (C=O) groups is 1. The third kappa shape index (κ3) is 3.63. The van der Waals surface area contributed by atoms with E-state index in [9.17, 15) is 4.79 Å². The summed E-state index contributed by atoms with van der Waals surface area (Å²) in [6.07, 6.45) is 2.06. The molecule has 0 atom stereocenters. The van der Waals surface area contributed by atoms with Gasteiger partial charge in [-0.25, -0.2) is 0 Å². The molecule has 0 saturated heterocycles. The number of aryl methyl sites for hydroxylation is 1. The van der Waals surface area contributed by atoms with Gasteiger partial charge in [0, 0.05) is 12.5 Å². The molecule has 2 rings (SSSR count). The van der Waals surface area contributed by atoms with Gasteiger partial charge in [0.1, 0.15) is 5.82 Å². The Balaban J connectivity index is 2.17. The van der Waals surface area contributed by atoms with Gasteiger partial charge < -0.3 is 5.32 Å². The molecule has 0 bridgehead atoms. The van der Waals surface area contributed by atoms with E-state index in [-0.39, 0.29) is 11.3 Å². The Morgan fingerprint density at radius 3 is 2.60 bits per heavy atom. The Morgan fingerprint density at radius 2 is 2.00 bits per heavy atom. The maximum Gasteiger partial charge on any atom is 0.226 e. The van der Waals surface area contributed by atoms with E-state index in [0.717, 1.165) is 5.69 Å². The fourth-order valence-corrected chi connectivity index (χ4v) is 1.75. The Kier molecular flexibility index (Phi) is 3.83. The molecule has 1 amide bonds. The number of carbonyl (C=O) groups excluding carboxylic acids is 1. The second-order valence-electron chi connectivity index (χ2n) is 5.95. The summed E-state index contributed by atoms with van der Waals surface area (Å²) in [7, 11) is 0. The zero-order valence-corrected chi connectivity index (χ0v) is 12.2. The van der Waals surface area contributed by atoms with Crippen molar-refractivity contribution < 1.29 is 4.79 Å². The maximum atomic E-state index is 12.0. The third-order valence-electron chi connectivity index (χ3n) is 2.60. The molecule has 1 N–H and O–H groups in total. The number of rotatable bonds is 3. The van der Waals surface area contributed by atoms with Gasteiger partial charge in [-0.1, -0.05) is 20.8 Å². The highest BCUT2D eigenvalue weighted by molar-refractivity contribution is 5.90. The largest absolute Gasteiger partial charge is 0.311 e. The van der Waals surface area contributed by atoms with Crippen LogP contribution in [0.1, 0.15) is 32.9 Å². The molecule has 0 saturated carbocycles. The molecule has 6 nitrogen and oxygen atoms in total. The molecule has 0 unspecified atom stereocenters. The molecule has 20 heavy (non-hydrogen) atoms. The van der Waals surface area contributed by atoms with Crippen molar-refractivity contribution in [3.05, 3.63) is 30.1 Å². The second kappa shape index (κ2) is 5.40. The molecule has 106 valence electrons. The molecular weight excluding hydrogens is 254 g/mol. The van der Waals surface area contributed by atoms with Crippen molar-refractivity contribution in [3.8, 4) is 5.82 Å². The summed E-state index contributed by atoms with van der Waals surface area (Å²) >= 11 is 0. The molecule has 0 spiro atoms. The van der Waals surface area contributed by atoms with Gasteiger partial charge in [-0.3, -0.25) is 4.79 Å². The van der Waals surface area contributed by atoms with Crippen LogP contribution in [0.3, 0.4) is 0 Å². The van der Waals surface area contributed by atoms with Gasteiger partial charge in [0.15, 0.2) is 5.82 Å². The highest BCUT2D eigenvalue weighted by Crippen LogP contribution is 2.20. The number of hydrogen-bond acceptors (Lipinski definition) is 4. The quantitative estimate of drug-likeness (QED) is 0.931. The maximum absolute atomic E-state index is 12.0. The van der Waals surface area contributed by atoms with Crippen LogP contribution in [-0.4, -0.2) is 25.9 Å². The van der Waals surface area contributed by atoms with Gasteiger partial charge in [-0.2, -0.15) is 14.9 Å². The first kappa shape index (κ1) is 14.2. The van der Waals surface area contributed by atoms with Crippen LogP contribution < -0.4 is 5.32 Å². The van der Waals surface area contributed by atoms with Gasteiger partial charge in [0.2, 0.25) is 5.91 Å². The van der Waals surface area contributed by atoms with E-state index in [4.69, 9.17) is 0 Å². The van der Waals surface area contributed by atoms with Crippen LogP contribution in [0, 0.1) is 12.3 Å². The van der Waals surface area contributed by atoms with E-state index in [2.05, 4.69) is 20.6 Å². The second-order valence-corrected chi connectivity index (χ2v) is 5.95. The smallest absolute Gasteiger partial charge is 0.226 e. The predicted octanol–water partition coefficient (Wildman–Crippen LogP) is 2.35. The van der Waals surface area contributed by atoms with Gasteiger partial charge >= 0.3 is 0 Å². The molecule has 0 aliphatic rings. The summed E-state index contributed by atoms with van der Waals surface area (Å²) in [5.41, 5.74) is 0.776. The molecular formula is C14H19N5O. The van der Waals surface area contributed by atoms with Crippen LogP contribution in [0.2, 0.25) is 0 Å². The van der Waals surface area contributed by atoms with Crippen LogP contribution in [-0.2, 0) is 4.79 Å². The minimum absolute atomic E-state index is 0.0423. The predicted molar refractivity (Wildman–Crippen MR) is 76.6 cm³/mol. The van der Waals surface area contributed by atoms with Crippen LogP contribution in [0.5, 0.6) is 0 Å². The minimum Gasteiger partial charge on any atom is -0.311 e. The van der Waals surface area contributed by atoms with Crippen molar-refractivity contribution in [3.63, 3.8) is 0 Å². The first-order chi connectivity index (χ1) is 9.35. The van der Waals surface area contributed by atoms with E-state index in [1.807, 2.05) is 39.8 Å². The van der Waals surface area contributed by atoms with Gasteiger partial charge in [0.25, 0.3) is 0 Å². The lowest BCUT2D eigenvalue weighted by Crippen LogP contribution is -2.21. The monoisotopic (exact) mass is 273 g/mol. The number of amides is 1. The van der Waals surface area contributed by atoms with Gasteiger partial charge in [0.05, 0.1) is 11.9 Å². The van der Waals surface area contributed by atoms with Crippen LogP contribution in [0.25, 0.3) is 5.82 Å². The summed E-state index contributed by atoms with van der Waals surface area (Å²) in [5, 5.41) is 15.1. The van der Waals surface area contributed by atoms with Crippen molar-refractivity contribution in [2.24, 2.45) is 5.41 Å². The fraction of sp³-hybridized carbons (Fsp3) is 0.429. The molecule has 2 aromatic rings. The molecule has 6 heteroatoms. The van der Waals surface area contributed by atoms with E-state index in [1.165, 1.54) is 0 Å². The van der Waals surface area contributed by atoms with Crippen LogP contribution >= 0.6 is 0 Å². The molecule has 0 aliphatic heterocycles. The van der Waals surface area contributed by atoms with Crippen molar-refractivity contribution in [2.45, 2.75) is 34.1 Å². The van der Waals surface area contributed by atoms with Gasteiger partial charge in [-0.15, -0.1) is 5.10 Å². The standard InChI is InChI=1S/C14H19N5O/c1-10-5-6-12(18-17-10)19-11(7-8-15-19)16-13(20)9-14(2,3)4/h5-8H,9H2,1-4H3,(H,16,20). The third-order valence-corrected chi connectivity index (χ3v) is 2.60. The summed E-state index contributed by atoms with van der Waals surface area (Å²) in [5.74, 6) is 1.13. The summed E-state index contributed by atoms with van der Waals surface area (Å²) < 4.78 is 1.56. The molecule has 0 aromatic carbocycles. The highest BCUT2D eigenvalue weighted by atomic mass is 16.1. The number of nitrogens with one attached hydrogen (secondary N) is 1. The zero-order valence-electron chi connectivity index (χ0n) is 12.2. The van der Waals surface area contributed by atoms with Crippen molar-refractivity contribution in [2.75, 3.05) is 5.32 Å².